The minimum Gasteiger partial charge on any atom is -0.426 e. The molecule has 1 aromatic carbocycles. The molecule has 1 unspecified atom stereocenters. The van der Waals surface area contributed by atoms with Crippen molar-refractivity contribution < 1.29 is 14.3 Å². The van der Waals surface area contributed by atoms with Crippen LogP contribution in [0.4, 0.5) is 0 Å². The Hall–Kier alpha value is -2.08. The van der Waals surface area contributed by atoms with Crippen molar-refractivity contribution in [1.29, 1.82) is 0 Å². The van der Waals surface area contributed by atoms with E-state index in [-0.39, 0.29) is 11.6 Å². The van der Waals surface area contributed by atoms with Crippen LogP contribution in [0, 0.1) is 12.0 Å². The molecule has 0 spiro atoms. The highest BCUT2D eigenvalue weighted by atomic mass is 16.5. The molecule has 0 heterocycles. The quantitative estimate of drug-likeness (QED) is 0.262. The summed E-state index contributed by atoms with van der Waals surface area (Å²) in [6.45, 7) is 3.87. The molecular weight excluding hydrogens is 336 g/mol. The van der Waals surface area contributed by atoms with Gasteiger partial charge in [-0.1, -0.05) is 88.8 Å². The number of fused-ring (bicyclic) bond motifs is 1. The molecule has 1 atom stereocenters. The summed E-state index contributed by atoms with van der Waals surface area (Å²) in [5, 5.41) is 0. The fourth-order valence-corrected chi connectivity index (χ4v) is 3.72. The maximum atomic E-state index is 12.6. The molecule has 3 heteroatoms. The molecule has 0 N–H and O–H groups in total. The molecular formula is C24H32O3. The number of Topliss-reactive ketones (excluding diaryl/α,β-unsaturated/α-hetero) is 2. The monoisotopic (exact) mass is 368 g/mol. The number of carbonyl (C=O) groups is 2. The summed E-state index contributed by atoms with van der Waals surface area (Å²) in [7, 11) is 0. The first-order valence-electron chi connectivity index (χ1n) is 10.5. The molecule has 146 valence electrons. The number of aryl methyl sites for hydroxylation is 1. The van der Waals surface area contributed by atoms with Gasteiger partial charge in [0.15, 0.2) is 0 Å². The van der Waals surface area contributed by atoms with Gasteiger partial charge < -0.3 is 4.74 Å². The number of carbonyl (C=O) groups excluding carboxylic acids is 2. The summed E-state index contributed by atoms with van der Waals surface area (Å²) in [6, 6.07) is 5.55. The molecule has 1 aliphatic carbocycles. The lowest BCUT2D eigenvalue weighted by molar-refractivity contribution is 0.0658. The Kier molecular flexibility index (Phi) is 9.11. The van der Waals surface area contributed by atoms with E-state index in [1.807, 2.05) is 12.1 Å². The molecule has 1 aliphatic rings. The first-order valence-corrected chi connectivity index (χ1v) is 10.5. The number of rotatable bonds is 12. The fourth-order valence-electron chi connectivity index (χ4n) is 3.72. The van der Waals surface area contributed by atoms with Crippen molar-refractivity contribution in [3.8, 4) is 12.0 Å². The zero-order valence-corrected chi connectivity index (χ0v) is 16.8. The highest BCUT2D eigenvalue weighted by molar-refractivity contribution is 6.29. The number of ketones is 2. The molecule has 1 aromatic rings. The Morgan fingerprint density at radius 3 is 2.15 bits per heavy atom. The maximum Gasteiger partial charge on any atom is 0.235 e. The van der Waals surface area contributed by atoms with Crippen LogP contribution in [-0.4, -0.2) is 17.7 Å². The van der Waals surface area contributed by atoms with Crippen molar-refractivity contribution in [2.45, 2.75) is 90.6 Å². The van der Waals surface area contributed by atoms with Gasteiger partial charge in [0.25, 0.3) is 0 Å². The van der Waals surface area contributed by atoms with Gasteiger partial charge in [0.1, 0.15) is 6.11 Å². The van der Waals surface area contributed by atoms with Gasteiger partial charge in [-0.25, -0.2) is 0 Å². The molecule has 27 heavy (non-hydrogen) atoms. The van der Waals surface area contributed by atoms with E-state index >= 15 is 0 Å². The summed E-state index contributed by atoms with van der Waals surface area (Å²) in [5.74, 6) is 2.08. The Morgan fingerprint density at radius 1 is 0.889 bits per heavy atom. The van der Waals surface area contributed by atoms with E-state index in [0.717, 1.165) is 18.4 Å². The Labute approximate surface area is 163 Å². The molecule has 0 aliphatic heterocycles. The SMILES string of the molecule is CC#COC1C(=O)c2cccc(CCCCCCCCCCCC)c2C1=O. The van der Waals surface area contributed by atoms with Crippen LogP contribution in [0.5, 0.6) is 0 Å². The highest BCUT2D eigenvalue weighted by Gasteiger charge is 2.41. The van der Waals surface area contributed by atoms with Crippen molar-refractivity contribution in [3.63, 3.8) is 0 Å². The lowest BCUT2D eigenvalue weighted by Crippen LogP contribution is -2.24. The minimum atomic E-state index is -1.08. The van der Waals surface area contributed by atoms with Gasteiger partial charge in [0.2, 0.25) is 17.7 Å². The molecule has 0 amide bonds. The first kappa shape index (κ1) is 21.2. The third-order valence-electron chi connectivity index (χ3n) is 5.22. The number of unbranched alkanes of at least 4 members (excludes halogenated alkanes) is 9. The van der Waals surface area contributed by atoms with Gasteiger partial charge in [0, 0.05) is 18.1 Å². The highest BCUT2D eigenvalue weighted by Crippen LogP contribution is 2.28. The van der Waals surface area contributed by atoms with Crippen LogP contribution < -0.4 is 0 Å². The molecule has 3 nitrogen and oxygen atoms in total. The van der Waals surface area contributed by atoms with E-state index in [1.54, 1.807) is 13.0 Å². The second-order valence-corrected chi connectivity index (χ2v) is 7.35. The second kappa shape index (κ2) is 11.6. The zero-order chi connectivity index (χ0) is 19.5. The van der Waals surface area contributed by atoms with E-state index in [0.29, 0.717) is 11.1 Å². The van der Waals surface area contributed by atoms with Gasteiger partial charge in [-0.05, 0) is 18.4 Å². The van der Waals surface area contributed by atoms with Crippen molar-refractivity contribution in [2.75, 3.05) is 0 Å². The van der Waals surface area contributed by atoms with Crippen LogP contribution in [0.3, 0.4) is 0 Å². The topological polar surface area (TPSA) is 43.4 Å². The summed E-state index contributed by atoms with van der Waals surface area (Å²) < 4.78 is 5.16. The Balaban J connectivity index is 1.77. The van der Waals surface area contributed by atoms with Crippen LogP contribution >= 0.6 is 0 Å². The molecule has 0 bridgehead atoms. The second-order valence-electron chi connectivity index (χ2n) is 7.35. The molecule has 0 radical (unpaired) electrons. The van der Waals surface area contributed by atoms with Crippen LogP contribution in [0.1, 0.15) is 104 Å². The molecule has 0 fully saturated rings. The summed E-state index contributed by atoms with van der Waals surface area (Å²) in [4.78, 5) is 25.0. The lowest BCUT2D eigenvalue weighted by atomic mass is 9.97. The van der Waals surface area contributed by atoms with Crippen molar-refractivity contribution >= 4 is 11.6 Å². The smallest absolute Gasteiger partial charge is 0.235 e. The zero-order valence-electron chi connectivity index (χ0n) is 16.8. The van der Waals surface area contributed by atoms with Gasteiger partial charge in [0.05, 0.1) is 0 Å². The summed E-state index contributed by atoms with van der Waals surface area (Å²) >= 11 is 0. The van der Waals surface area contributed by atoms with E-state index < -0.39 is 6.10 Å². The van der Waals surface area contributed by atoms with E-state index in [9.17, 15) is 9.59 Å². The lowest BCUT2D eigenvalue weighted by Gasteiger charge is -2.07. The number of benzene rings is 1. The third-order valence-corrected chi connectivity index (χ3v) is 5.22. The predicted molar refractivity (Wildman–Crippen MR) is 109 cm³/mol. The van der Waals surface area contributed by atoms with Crippen molar-refractivity contribution in [1.82, 2.24) is 0 Å². The van der Waals surface area contributed by atoms with Gasteiger partial charge in [-0.2, -0.15) is 0 Å². The largest absolute Gasteiger partial charge is 0.426 e. The van der Waals surface area contributed by atoms with Gasteiger partial charge in [-0.3, -0.25) is 9.59 Å². The average Bonchev–Trinajstić information content (AvgIpc) is 2.92. The molecule has 0 saturated heterocycles. The maximum absolute atomic E-state index is 12.6. The summed E-state index contributed by atoms with van der Waals surface area (Å²) in [5.41, 5.74) is 2.02. The van der Waals surface area contributed by atoms with E-state index in [4.69, 9.17) is 4.74 Å². The Morgan fingerprint density at radius 2 is 1.52 bits per heavy atom. The average molecular weight is 369 g/mol. The number of ether oxygens (including phenoxy) is 1. The predicted octanol–water partition coefficient (Wildman–Crippen LogP) is 5.90. The van der Waals surface area contributed by atoms with Crippen LogP contribution in [-0.2, 0) is 11.2 Å². The molecule has 0 aromatic heterocycles. The third kappa shape index (κ3) is 5.96. The van der Waals surface area contributed by atoms with E-state index in [1.165, 1.54) is 57.8 Å². The van der Waals surface area contributed by atoms with Gasteiger partial charge in [-0.15, -0.1) is 0 Å². The fraction of sp³-hybridized carbons (Fsp3) is 0.583. The number of hydrogen-bond acceptors (Lipinski definition) is 3. The van der Waals surface area contributed by atoms with Crippen molar-refractivity contribution in [2.24, 2.45) is 0 Å². The summed E-state index contributed by atoms with van der Waals surface area (Å²) in [6.07, 6.45) is 15.0. The van der Waals surface area contributed by atoms with Crippen LogP contribution in [0.2, 0.25) is 0 Å². The minimum absolute atomic E-state index is 0.236. The standard InChI is InChI=1S/C24H32O3/c1-3-5-6-7-8-9-10-11-12-13-15-19-16-14-17-20-21(19)23(26)24(22(20)25)27-18-4-2/h14,16-17,24H,3,5-13,15H2,1-2H3. The molecule has 0 saturated carbocycles. The van der Waals surface area contributed by atoms with E-state index in [2.05, 4.69) is 19.0 Å². The van der Waals surface area contributed by atoms with Crippen LogP contribution in [0.25, 0.3) is 0 Å². The number of hydrogen-bond donors (Lipinski definition) is 0. The van der Waals surface area contributed by atoms with Crippen molar-refractivity contribution in [3.05, 3.63) is 34.9 Å². The first-order chi connectivity index (χ1) is 13.2. The normalized spacial score (nSPS) is 15.4. The molecule has 2 rings (SSSR count). The van der Waals surface area contributed by atoms with Crippen LogP contribution in [0.15, 0.2) is 18.2 Å². The van der Waals surface area contributed by atoms with Gasteiger partial charge >= 0.3 is 0 Å². The Bertz CT molecular complexity index is 693.